The summed E-state index contributed by atoms with van der Waals surface area (Å²) in [5.74, 6) is 0. The fourth-order valence-corrected chi connectivity index (χ4v) is 9.45. The Morgan fingerprint density at radius 1 is 0.263 bits per heavy atom. The number of nitrogens with zero attached hydrogens (tertiary/aromatic N) is 2. The van der Waals surface area contributed by atoms with Crippen LogP contribution in [0.25, 0.3) is 90.9 Å². The Bertz CT molecular complexity index is 3340. The first-order chi connectivity index (χ1) is 30.2. The van der Waals surface area contributed by atoms with Gasteiger partial charge in [-0.3, -0.25) is 0 Å². The number of rotatable bonds is 8. The first kappa shape index (κ1) is 93.1. The van der Waals surface area contributed by atoms with Crippen molar-refractivity contribution in [2.45, 2.75) is 19.6 Å². The molecule has 0 unspecified atom stereocenters. The van der Waals surface area contributed by atoms with Gasteiger partial charge in [0, 0.05) is 163 Å². The van der Waals surface area contributed by atoms with Crippen LogP contribution in [0.2, 0.25) is 0 Å². The Hall–Kier alpha value is -3.36. The van der Waals surface area contributed by atoms with Gasteiger partial charge in [0.05, 0.1) is 42.4 Å². The van der Waals surface area contributed by atoms with Crippen molar-refractivity contribution in [2.75, 3.05) is 0 Å². The Balaban J connectivity index is -0.000000540. The zero-order valence-electron chi connectivity index (χ0n) is 42.3. The van der Waals surface area contributed by atoms with E-state index in [0.29, 0.717) is 89.4 Å². The number of H-pyrrole nitrogens is 2. The molecule has 422 valence electrons. The molecule has 2 aliphatic rings. The van der Waals surface area contributed by atoms with Gasteiger partial charge in [-0.05, 0) is 119 Å². The maximum atomic E-state index is 11.9. The first-order valence-corrected chi connectivity index (χ1v) is 24.3. The van der Waals surface area contributed by atoms with E-state index in [1.807, 2.05) is 0 Å². The Kier molecular flexibility index (Phi) is 41.5. The molecule has 0 atom stereocenters. The predicted molar refractivity (Wildman–Crippen MR) is 299 cm³/mol. The van der Waals surface area contributed by atoms with E-state index in [1.54, 1.807) is 48.6 Å². The van der Waals surface area contributed by atoms with Crippen molar-refractivity contribution in [2.24, 2.45) is 0 Å². The van der Waals surface area contributed by atoms with Gasteiger partial charge in [-0.2, -0.15) is 0 Å². The quantitative estimate of drug-likeness (QED) is 0.107. The van der Waals surface area contributed by atoms with Crippen LogP contribution in [0.15, 0.2) is 141 Å². The summed E-state index contributed by atoms with van der Waals surface area (Å²) in [5.41, 5.74) is 6.76. The fraction of sp³-hybridized carbons (Fsp3) is 0. The third-order valence-electron chi connectivity index (χ3n) is 10.5. The van der Waals surface area contributed by atoms with Crippen LogP contribution in [0.5, 0.6) is 0 Å². The van der Waals surface area contributed by atoms with E-state index in [2.05, 4.69) is 9.97 Å². The molecule has 0 fully saturated rings. The number of hydrogen-bond donors (Lipinski definition) is 2. The van der Waals surface area contributed by atoms with E-state index >= 15 is 0 Å². The van der Waals surface area contributed by atoms with Crippen LogP contribution >= 0.6 is 0 Å². The molecule has 3 aromatic heterocycles. The fourth-order valence-electron chi connectivity index (χ4n) is 7.57. The van der Waals surface area contributed by atoms with Crippen LogP contribution in [0, 0.1) is 0 Å². The summed E-state index contributed by atoms with van der Waals surface area (Å²) in [4.78, 5) is 15.0. The van der Waals surface area contributed by atoms with Crippen molar-refractivity contribution in [1.82, 2.24) is 19.9 Å². The topological polar surface area (TPSA) is 664 Å². The summed E-state index contributed by atoms with van der Waals surface area (Å²) in [5, 5.41) is 0. The minimum Gasteiger partial charge on any atom is -0.744 e. The van der Waals surface area contributed by atoms with Crippen LogP contribution in [0.1, 0.15) is 22.8 Å². The molecule has 28 nitrogen and oxygen atoms in total. The molecule has 0 saturated heterocycles. The number of nitrogens with one attached hydrogen (secondary N) is 2. The molecule has 0 spiro atoms. The van der Waals surface area contributed by atoms with Crippen molar-refractivity contribution < 1.29 is 118 Å². The molecule has 4 aromatic carbocycles. The van der Waals surface area contributed by atoms with E-state index in [0.717, 1.165) is 0 Å². The van der Waals surface area contributed by atoms with E-state index in [1.165, 1.54) is 97.1 Å². The Labute approximate surface area is 544 Å². The van der Waals surface area contributed by atoms with E-state index in [9.17, 15) is 51.9 Å². The maximum Gasteiger partial charge on any atom is 0.124 e. The average Bonchev–Trinajstić information content (AvgIpc) is 4.08. The summed E-state index contributed by atoms with van der Waals surface area (Å²) in [6.45, 7) is 0. The van der Waals surface area contributed by atoms with E-state index < -0.39 is 60.1 Å². The van der Waals surface area contributed by atoms with Gasteiger partial charge in [0.25, 0.3) is 0 Å². The molecule has 80 heavy (non-hydrogen) atoms. The van der Waals surface area contributed by atoms with Gasteiger partial charge in [0.2, 0.25) is 0 Å². The van der Waals surface area contributed by atoms with Gasteiger partial charge < -0.3 is 93.9 Å². The molecule has 4 radical (unpaired) electrons. The normalized spacial score (nSPS) is 10.4. The number of fused-ring (bicyclic) bond motifs is 8. The molecule has 2 aliphatic heterocycles. The first-order valence-electron chi connectivity index (χ1n) is 18.6. The van der Waals surface area contributed by atoms with E-state index in [-0.39, 0.29) is 184 Å². The van der Waals surface area contributed by atoms with Crippen LogP contribution in [-0.2, 0) is 40.5 Å². The zero-order chi connectivity index (χ0) is 45.3. The van der Waals surface area contributed by atoms with Crippen molar-refractivity contribution in [3.63, 3.8) is 0 Å². The molecule has 26 N–H and O–H groups in total. The van der Waals surface area contributed by atoms with Crippen molar-refractivity contribution in [3.05, 3.63) is 144 Å². The summed E-state index contributed by atoms with van der Waals surface area (Å²) >= 11 is 0. The molecule has 0 amide bonds. The molecule has 9 rings (SSSR count). The van der Waals surface area contributed by atoms with Crippen LogP contribution < -0.4 is 0 Å². The van der Waals surface area contributed by atoms with Gasteiger partial charge in [-0.15, -0.1) is 0 Å². The third kappa shape index (κ3) is 19.3. The van der Waals surface area contributed by atoms with Crippen molar-refractivity contribution in [1.29, 1.82) is 0 Å². The average molecular weight is 1240 g/mol. The molecular formula is C44H50N4Na4O24S4-4. The molecule has 5 heterocycles. The summed E-state index contributed by atoms with van der Waals surface area (Å²) in [7, 11) is -19.2. The largest absolute Gasteiger partial charge is 0.744 e. The smallest absolute Gasteiger partial charge is 0.124 e. The van der Waals surface area contributed by atoms with Crippen LogP contribution in [0.3, 0.4) is 0 Å². The van der Waals surface area contributed by atoms with Gasteiger partial charge in [0.1, 0.15) is 40.5 Å². The molecule has 0 saturated carbocycles. The Morgan fingerprint density at radius 3 is 0.550 bits per heavy atom. The van der Waals surface area contributed by atoms with E-state index in [4.69, 9.17) is 9.97 Å². The minimum atomic E-state index is -4.81. The minimum absolute atomic E-state index is 0. The van der Waals surface area contributed by atoms with Crippen molar-refractivity contribution in [3.8, 4) is 44.5 Å². The van der Waals surface area contributed by atoms with Crippen molar-refractivity contribution >= 4 is 205 Å². The van der Waals surface area contributed by atoms with Crippen LogP contribution in [0.4, 0.5) is 0 Å². The second-order valence-electron chi connectivity index (χ2n) is 14.4. The molecular weight excluding hydrogens is 1190 g/mol. The Morgan fingerprint density at radius 2 is 0.412 bits per heavy atom. The molecule has 0 aliphatic carbocycles. The van der Waals surface area contributed by atoms with Crippen LogP contribution in [-0.4, -0.2) is 256 Å². The second-order valence-corrected chi connectivity index (χ2v) is 19.9. The summed E-state index contributed by atoms with van der Waals surface area (Å²) < 4.78 is 143. The standard InChI is InChI=1S/C44H30N4O12S4.4Na.12H2O/c49-61(50,51)29-9-1-25(2-10-29)41-33-17-19-35(45-33)42(26-3-11-30(12-4-26)62(52,53)54)37-21-23-39(47-37)44(28-7-15-32(16-8-28)64(58,59)60)40-24-22-38(48-40)43(36-20-18-34(41)46-36)27-5-13-31(14-6-27)63(55,56)57;;;;;;;;;;;;;;;;/h1-24,45,48H,(H,49,50,51)(H,52,53,54)(H,55,56,57)(H,58,59,60);;;;;12*1H2/p-4. The summed E-state index contributed by atoms with van der Waals surface area (Å²) in [6, 6.07) is 27.8. The number of aromatic amines is 2. The predicted octanol–water partition coefficient (Wildman–Crippen LogP) is -4.48. The molecule has 7 aromatic rings. The second kappa shape index (κ2) is 35.7. The monoisotopic (exact) mass is 1240 g/mol. The maximum absolute atomic E-state index is 11.9. The number of aromatic nitrogens is 4. The summed E-state index contributed by atoms with van der Waals surface area (Å²) in [6.07, 6.45) is 6.79. The van der Waals surface area contributed by atoms with Gasteiger partial charge in [-0.25, -0.2) is 43.6 Å². The third-order valence-corrected chi connectivity index (χ3v) is 13.9. The number of hydrogen-bond acceptors (Lipinski definition) is 14. The molecule has 8 bridgehead atoms. The van der Waals surface area contributed by atoms with Gasteiger partial charge >= 0.3 is 0 Å². The number of benzene rings is 4. The van der Waals surface area contributed by atoms with Gasteiger partial charge in [-0.1, -0.05) is 48.5 Å². The molecule has 36 heteroatoms. The zero-order valence-corrected chi connectivity index (χ0v) is 53.5. The SMILES string of the molecule is O.O.O.O.O.O.O.O.O.O.O.O.O=S(=O)([O-])c1ccc(-c2c3nc(c(-c4ccc(S(=O)(=O)[O-])cc4)c4ccc([nH]4)c(-c4ccc(S(=O)(=O)[O-])cc4)c4nc(c(-c5ccc(S(=O)(=O)[O-])cc5)c5ccc2[nH]5)C=C4)C=C3)cc1.[Na].[Na].[Na].[Na]. The van der Waals surface area contributed by atoms with Gasteiger partial charge in [0.15, 0.2) is 0 Å².